The van der Waals surface area contributed by atoms with Crippen LogP contribution in [0.15, 0.2) is 54.4 Å². The van der Waals surface area contributed by atoms with Crippen LogP contribution in [0, 0.1) is 24.4 Å². The first-order valence-electron chi connectivity index (χ1n) is 15.7. The Kier molecular flexibility index (Phi) is 8.27. The van der Waals surface area contributed by atoms with Crippen molar-refractivity contribution in [2.24, 2.45) is 7.05 Å². The summed E-state index contributed by atoms with van der Waals surface area (Å²) < 4.78 is 62.0. The first-order valence-corrected chi connectivity index (χ1v) is 16.6. The van der Waals surface area contributed by atoms with Gasteiger partial charge in [-0.05, 0) is 39.0 Å². The Morgan fingerprint density at radius 2 is 1.84 bits per heavy atom. The van der Waals surface area contributed by atoms with E-state index >= 15 is 8.78 Å². The van der Waals surface area contributed by atoms with Crippen LogP contribution in [0.4, 0.5) is 13.2 Å². The molecule has 1 aliphatic rings. The number of carbonyl (C=O) groups is 1. The lowest BCUT2D eigenvalue weighted by molar-refractivity contribution is -0.130. The molecule has 4 aromatic heterocycles. The van der Waals surface area contributed by atoms with Gasteiger partial charge >= 0.3 is 0 Å². The number of pyridine rings is 1. The van der Waals surface area contributed by atoms with Crippen molar-refractivity contribution >= 4 is 38.2 Å². The van der Waals surface area contributed by atoms with Crippen molar-refractivity contribution in [2.75, 3.05) is 20.3 Å². The second kappa shape index (κ2) is 12.5. The molecule has 0 saturated heterocycles. The van der Waals surface area contributed by atoms with Crippen LogP contribution >= 0.6 is 11.3 Å². The number of fused-ring (bicyclic) bond motifs is 3. The highest BCUT2D eigenvalue weighted by atomic mass is 32.1. The molecule has 252 valence electrons. The second-order valence-electron chi connectivity index (χ2n) is 12.1. The van der Waals surface area contributed by atoms with Gasteiger partial charge in [0, 0.05) is 59.3 Å². The Morgan fingerprint density at radius 1 is 1.04 bits per heavy atom. The van der Waals surface area contributed by atoms with Gasteiger partial charge in [0.05, 0.1) is 52.4 Å². The SMILES string of the molecule is C=CC(=O)N1Cc2cc(-c3nc(-c4ccc5c(C)n(C)nc5c4)c4scc(F)c4c3-c3c(F)cc(F)cc3OCCOC)nn2[C@@H](C)[C@@H]1C. The van der Waals surface area contributed by atoms with Crippen molar-refractivity contribution in [1.29, 1.82) is 0 Å². The maximum Gasteiger partial charge on any atom is 0.246 e. The molecular weight excluding hydrogens is 653 g/mol. The molecule has 0 N–H and O–H groups in total. The average molecular weight is 687 g/mol. The van der Waals surface area contributed by atoms with Crippen LogP contribution in [0.3, 0.4) is 0 Å². The number of halogens is 3. The smallest absolute Gasteiger partial charge is 0.246 e. The van der Waals surface area contributed by atoms with Crippen molar-refractivity contribution in [3.63, 3.8) is 0 Å². The summed E-state index contributed by atoms with van der Waals surface area (Å²) in [5.41, 5.74) is 3.98. The van der Waals surface area contributed by atoms with Gasteiger partial charge in [0.2, 0.25) is 5.91 Å². The number of benzene rings is 2. The Balaban J connectivity index is 1.54. The molecule has 9 nitrogen and oxygen atoms in total. The maximum absolute atomic E-state index is 16.2. The van der Waals surface area contributed by atoms with E-state index in [0.717, 1.165) is 40.1 Å². The number of ether oxygens (including phenoxy) is 2. The molecule has 1 amide bonds. The van der Waals surface area contributed by atoms with Crippen LogP contribution in [0.5, 0.6) is 5.75 Å². The Bertz CT molecular complexity index is 2290. The first kappa shape index (κ1) is 32.5. The predicted molar refractivity (Wildman–Crippen MR) is 183 cm³/mol. The van der Waals surface area contributed by atoms with E-state index < -0.39 is 17.5 Å². The van der Waals surface area contributed by atoms with Gasteiger partial charge in [0.25, 0.3) is 0 Å². The van der Waals surface area contributed by atoms with Gasteiger partial charge < -0.3 is 14.4 Å². The molecule has 0 unspecified atom stereocenters. The summed E-state index contributed by atoms with van der Waals surface area (Å²) in [4.78, 5) is 19.6. The van der Waals surface area contributed by atoms with E-state index in [0.29, 0.717) is 27.3 Å². The number of thiophene rings is 1. The number of carbonyl (C=O) groups excluding carboxylic acids is 1. The van der Waals surface area contributed by atoms with Crippen LogP contribution in [-0.4, -0.2) is 61.7 Å². The van der Waals surface area contributed by atoms with Gasteiger partial charge in [-0.1, -0.05) is 18.7 Å². The van der Waals surface area contributed by atoms with Crippen molar-refractivity contribution in [3.8, 4) is 39.5 Å². The largest absolute Gasteiger partial charge is 0.490 e. The van der Waals surface area contributed by atoms with E-state index in [-0.39, 0.29) is 65.7 Å². The maximum atomic E-state index is 16.2. The molecule has 1 aliphatic heterocycles. The molecule has 7 rings (SSSR count). The molecule has 5 heterocycles. The third-order valence-electron chi connectivity index (χ3n) is 9.31. The van der Waals surface area contributed by atoms with Gasteiger partial charge in [-0.25, -0.2) is 18.2 Å². The van der Waals surface area contributed by atoms with Crippen molar-refractivity contribution in [3.05, 3.63) is 83.3 Å². The highest BCUT2D eigenvalue weighted by Crippen LogP contribution is 2.48. The van der Waals surface area contributed by atoms with Crippen LogP contribution < -0.4 is 4.74 Å². The highest BCUT2D eigenvalue weighted by molar-refractivity contribution is 7.17. The molecule has 0 bridgehead atoms. The van der Waals surface area contributed by atoms with Crippen LogP contribution in [0.2, 0.25) is 0 Å². The normalized spacial score (nSPS) is 16.0. The molecule has 13 heteroatoms. The van der Waals surface area contributed by atoms with E-state index in [9.17, 15) is 9.18 Å². The zero-order valence-corrected chi connectivity index (χ0v) is 28.4. The summed E-state index contributed by atoms with van der Waals surface area (Å²) in [5.74, 6) is -2.75. The third kappa shape index (κ3) is 5.37. The van der Waals surface area contributed by atoms with Crippen LogP contribution in [0.1, 0.15) is 31.3 Å². The van der Waals surface area contributed by atoms with E-state index in [2.05, 4.69) is 11.7 Å². The molecule has 2 aromatic carbocycles. The zero-order valence-electron chi connectivity index (χ0n) is 27.6. The lowest BCUT2D eigenvalue weighted by atomic mass is 9.94. The zero-order chi connectivity index (χ0) is 34.7. The molecule has 0 spiro atoms. The lowest BCUT2D eigenvalue weighted by Crippen LogP contribution is -2.46. The number of methoxy groups -OCH3 is 1. The quantitative estimate of drug-likeness (QED) is 0.121. The van der Waals surface area contributed by atoms with Gasteiger partial charge in [0.1, 0.15) is 41.2 Å². The van der Waals surface area contributed by atoms with E-state index in [1.807, 2.05) is 50.7 Å². The lowest BCUT2D eigenvalue weighted by Gasteiger charge is -2.37. The van der Waals surface area contributed by atoms with E-state index in [1.165, 1.54) is 18.6 Å². The summed E-state index contributed by atoms with van der Waals surface area (Å²) in [6.45, 7) is 9.89. The third-order valence-corrected chi connectivity index (χ3v) is 10.3. The number of nitrogens with zero attached hydrogens (tertiary/aromatic N) is 6. The summed E-state index contributed by atoms with van der Waals surface area (Å²) in [6, 6.07) is 8.87. The summed E-state index contributed by atoms with van der Waals surface area (Å²) in [5, 5.41) is 12.0. The molecular formula is C36H33F3N6O3S. The minimum atomic E-state index is -0.950. The summed E-state index contributed by atoms with van der Waals surface area (Å²) in [7, 11) is 3.35. The number of amides is 1. The van der Waals surface area contributed by atoms with Gasteiger partial charge in [-0.3, -0.25) is 14.2 Å². The number of hydrogen-bond donors (Lipinski definition) is 0. The number of hydrogen-bond acceptors (Lipinski definition) is 7. The average Bonchev–Trinajstić information content (AvgIpc) is 3.77. The fourth-order valence-electron chi connectivity index (χ4n) is 6.52. The second-order valence-corrected chi connectivity index (χ2v) is 13.0. The topological polar surface area (TPSA) is 87.3 Å². The fraction of sp³-hybridized carbons (Fsp3) is 0.278. The molecule has 0 aliphatic carbocycles. The van der Waals surface area contributed by atoms with E-state index in [4.69, 9.17) is 19.6 Å². The van der Waals surface area contributed by atoms with Gasteiger partial charge in [-0.2, -0.15) is 10.2 Å². The van der Waals surface area contributed by atoms with Gasteiger partial charge in [0.15, 0.2) is 0 Å². The Morgan fingerprint density at radius 3 is 2.59 bits per heavy atom. The molecule has 0 fully saturated rings. The van der Waals surface area contributed by atoms with E-state index in [1.54, 1.807) is 15.6 Å². The Labute approximate surface area is 284 Å². The highest BCUT2D eigenvalue weighted by Gasteiger charge is 2.34. The van der Waals surface area contributed by atoms with Crippen molar-refractivity contribution in [1.82, 2.24) is 29.4 Å². The van der Waals surface area contributed by atoms with Gasteiger partial charge in [-0.15, -0.1) is 11.3 Å². The van der Waals surface area contributed by atoms with Crippen molar-refractivity contribution in [2.45, 2.75) is 39.4 Å². The molecule has 0 saturated carbocycles. The fourth-order valence-corrected chi connectivity index (χ4v) is 7.46. The molecule has 0 radical (unpaired) electrons. The number of aryl methyl sites for hydroxylation is 2. The summed E-state index contributed by atoms with van der Waals surface area (Å²) in [6.07, 6.45) is 1.28. The number of aromatic nitrogens is 5. The predicted octanol–water partition coefficient (Wildman–Crippen LogP) is 7.61. The van der Waals surface area contributed by atoms with Crippen LogP contribution in [-0.2, 0) is 23.1 Å². The minimum Gasteiger partial charge on any atom is -0.490 e. The van der Waals surface area contributed by atoms with Crippen molar-refractivity contribution < 1.29 is 27.4 Å². The molecule has 49 heavy (non-hydrogen) atoms. The van der Waals surface area contributed by atoms with Crippen LogP contribution in [0.25, 0.3) is 54.8 Å². The molecule has 2 atom stereocenters. The minimum absolute atomic E-state index is 0.00660. The monoisotopic (exact) mass is 686 g/mol. The first-order chi connectivity index (χ1) is 23.5. The number of rotatable bonds is 8. The Hall–Kier alpha value is -5.01. The standard InChI is InChI=1S/C36H33F3N6O3S/c1-7-30(46)44-16-23-15-28(42-45(23)19(3)18(44)2)35-33(31-25(38)13-22(37)14-29(31)48-11-10-47-6)32-26(39)17-49-36(32)34(40-35)21-8-9-24-20(4)43(5)41-27(24)12-21/h7-9,12-15,17-19H,1,10-11,16H2,2-6H3/t18-,19-/m0/s1. The molecule has 6 aromatic rings. The summed E-state index contributed by atoms with van der Waals surface area (Å²) >= 11 is 1.13.